The summed E-state index contributed by atoms with van der Waals surface area (Å²) < 4.78 is 5.76. The second kappa shape index (κ2) is 6.15. The highest BCUT2D eigenvalue weighted by molar-refractivity contribution is 7.98. The maximum atomic E-state index is 5.76. The van der Waals surface area contributed by atoms with Crippen molar-refractivity contribution in [2.24, 2.45) is 0 Å². The second-order valence-corrected chi connectivity index (χ2v) is 5.46. The summed E-state index contributed by atoms with van der Waals surface area (Å²) in [6, 6.07) is 12.1. The second-order valence-electron chi connectivity index (χ2n) is 4.50. The van der Waals surface area contributed by atoms with Gasteiger partial charge in [0.05, 0.1) is 23.3 Å². The minimum atomic E-state index is 0.784. The van der Waals surface area contributed by atoms with E-state index >= 15 is 0 Å². The summed E-state index contributed by atoms with van der Waals surface area (Å²) in [5.74, 6) is 2.74. The number of furan rings is 1. The number of aromatic amines is 1. The smallest absolute Gasteiger partial charge is 0.166 e. The van der Waals surface area contributed by atoms with Crippen LogP contribution in [0, 0.1) is 0 Å². The molecule has 0 aliphatic heterocycles. The fourth-order valence-corrected chi connectivity index (χ4v) is 2.76. The van der Waals surface area contributed by atoms with E-state index in [0.717, 1.165) is 46.6 Å². The lowest BCUT2D eigenvalue weighted by atomic mass is 10.3. The number of hydrogen-bond acceptors (Lipinski definition) is 4. The summed E-state index contributed by atoms with van der Waals surface area (Å²) in [6.07, 6.45) is 0. The molecule has 0 saturated carbocycles. The van der Waals surface area contributed by atoms with E-state index in [-0.39, 0.29) is 0 Å². The van der Waals surface area contributed by atoms with Crippen LogP contribution in [0.2, 0.25) is 0 Å². The van der Waals surface area contributed by atoms with Gasteiger partial charge in [-0.25, -0.2) is 4.98 Å². The van der Waals surface area contributed by atoms with E-state index in [4.69, 9.17) is 4.42 Å². The normalized spacial score (nSPS) is 11.2. The molecule has 1 aromatic carbocycles. The Bertz CT molecular complexity index is 656. The average molecular weight is 287 g/mol. The minimum Gasteiger partial charge on any atom is -0.464 e. The van der Waals surface area contributed by atoms with E-state index in [1.807, 2.05) is 36.4 Å². The number of imidazole rings is 1. The maximum absolute atomic E-state index is 5.76. The molecule has 0 fully saturated rings. The van der Waals surface area contributed by atoms with Gasteiger partial charge in [0.25, 0.3) is 0 Å². The molecule has 0 bridgehead atoms. The predicted octanol–water partition coefficient (Wildman–Crippen LogP) is 3.56. The molecule has 3 rings (SSSR count). The van der Waals surface area contributed by atoms with Gasteiger partial charge in [-0.05, 0) is 30.8 Å². The van der Waals surface area contributed by atoms with Crippen molar-refractivity contribution in [1.82, 2.24) is 15.3 Å². The first-order valence-corrected chi connectivity index (χ1v) is 7.69. The van der Waals surface area contributed by atoms with E-state index in [1.165, 1.54) is 0 Å². The Balaban J connectivity index is 1.62. The number of benzene rings is 1. The first-order valence-electron chi connectivity index (χ1n) is 6.71. The van der Waals surface area contributed by atoms with Crippen molar-refractivity contribution in [3.63, 3.8) is 0 Å². The third-order valence-corrected chi connectivity index (χ3v) is 3.88. The van der Waals surface area contributed by atoms with E-state index in [0.29, 0.717) is 0 Å². The number of nitrogens with zero attached hydrogens (tertiary/aromatic N) is 1. The van der Waals surface area contributed by atoms with Crippen LogP contribution in [0.15, 0.2) is 46.0 Å². The Hall–Kier alpha value is -1.72. The van der Waals surface area contributed by atoms with Crippen LogP contribution in [0.1, 0.15) is 18.4 Å². The third-order valence-electron chi connectivity index (χ3n) is 2.99. The number of rotatable bonds is 6. The largest absolute Gasteiger partial charge is 0.464 e. The summed E-state index contributed by atoms with van der Waals surface area (Å²) in [5, 5.41) is 4.18. The lowest BCUT2D eigenvalue weighted by molar-refractivity contribution is 0.462. The maximum Gasteiger partial charge on any atom is 0.166 e. The quantitative estimate of drug-likeness (QED) is 0.681. The number of para-hydroxylation sites is 2. The number of aromatic nitrogens is 2. The molecule has 2 N–H and O–H groups in total. The van der Waals surface area contributed by atoms with Gasteiger partial charge in [0, 0.05) is 0 Å². The van der Waals surface area contributed by atoms with Crippen LogP contribution >= 0.6 is 11.8 Å². The molecule has 4 nitrogen and oxygen atoms in total. The molecule has 0 amide bonds. The lowest BCUT2D eigenvalue weighted by Crippen LogP contribution is -2.10. The molecule has 5 heteroatoms. The van der Waals surface area contributed by atoms with Gasteiger partial charge in [0.15, 0.2) is 5.16 Å². The Morgan fingerprint density at radius 1 is 1.20 bits per heavy atom. The molecule has 0 radical (unpaired) electrons. The van der Waals surface area contributed by atoms with Crippen molar-refractivity contribution >= 4 is 22.8 Å². The molecule has 2 aromatic heterocycles. The molecule has 0 aliphatic carbocycles. The number of nitrogens with one attached hydrogen (secondary N) is 2. The summed E-state index contributed by atoms with van der Waals surface area (Å²) in [6.45, 7) is 3.82. The number of H-pyrrole nitrogens is 1. The molecule has 3 aromatic rings. The molecular weight excluding hydrogens is 270 g/mol. The SMILES string of the molecule is CCNCc1ccc(CSc2nc3ccccc3[nH]2)o1. The molecule has 0 unspecified atom stereocenters. The van der Waals surface area contributed by atoms with Crippen molar-refractivity contribution < 1.29 is 4.42 Å². The van der Waals surface area contributed by atoms with Gasteiger partial charge in [0.1, 0.15) is 11.5 Å². The molecule has 2 heterocycles. The predicted molar refractivity (Wildman–Crippen MR) is 81.7 cm³/mol. The minimum absolute atomic E-state index is 0.784. The van der Waals surface area contributed by atoms with Gasteiger partial charge >= 0.3 is 0 Å². The van der Waals surface area contributed by atoms with Crippen LogP contribution in [-0.2, 0) is 12.3 Å². The molecule has 0 aliphatic rings. The van der Waals surface area contributed by atoms with Crippen molar-refractivity contribution in [1.29, 1.82) is 0 Å². The fourth-order valence-electron chi connectivity index (χ4n) is 1.98. The Morgan fingerprint density at radius 2 is 2.05 bits per heavy atom. The average Bonchev–Trinajstić information content (AvgIpc) is 3.09. The summed E-state index contributed by atoms with van der Waals surface area (Å²) >= 11 is 1.66. The zero-order valence-corrected chi connectivity index (χ0v) is 12.2. The molecule has 104 valence electrons. The Morgan fingerprint density at radius 3 is 2.90 bits per heavy atom. The summed E-state index contributed by atoms with van der Waals surface area (Å²) in [7, 11) is 0. The third kappa shape index (κ3) is 3.05. The fraction of sp³-hybridized carbons (Fsp3) is 0.267. The van der Waals surface area contributed by atoms with Gasteiger partial charge in [-0.15, -0.1) is 0 Å². The monoisotopic (exact) mass is 287 g/mol. The topological polar surface area (TPSA) is 53.9 Å². The molecule has 0 saturated heterocycles. The molecule has 0 atom stereocenters. The Kier molecular flexibility index (Phi) is 4.08. The van der Waals surface area contributed by atoms with Gasteiger partial charge in [-0.1, -0.05) is 30.8 Å². The van der Waals surface area contributed by atoms with Crippen molar-refractivity contribution in [3.8, 4) is 0 Å². The first-order chi connectivity index (χ1) is 9.85. The van der Waals surface area contributed by atoms with E-state index in [2.05, 4.69) is 22.2 Å². The standard InChI is InChI=1S/C15H17N3OS/c1-2-16-9-11-7-8-12(19-11)10-20-15-17-13-5-3-4-6-14(13)18-15/h3-8,16H,2,9-10H2,1H3,(H,17,18). The van der Waals surface area contributed by atoms with E-state index < -0.39 is 0 Å². The van der Waals surface area contributed by atoms with E-state index in [1.54, 1.807) is 11.8 Å². The van der Waals surface area contributed by atoms with Crippen LogP contribution in [0.3, 0.4) is 0 Å². The van der Waals surface area contributed by atoms with Crippen molar-refractivity contribution in [2.45, 2.75) is 24.4 Å². The Labute approximate surface area is 122 Å². The zero-order valence-electron chi connectivity index (χ0n) is 11.3. The summed E-state index contributed by atoms with van der Waals surface area (Å²) in [5.41, 5.74) is 2.07. The van der Waals surface area contributed by atoms with Crippen molar-refractivity contribution in [2.75, 3.05) is 6.54 Å². The number of fused-ring (bicyclic) bond motifs is 1. The van der Waals surface area contributed by atoms with Crippen LogP contribution in [0.4, 0.5) is 0 Å². The van der Waals surface area contributed by atoms with Gasteiger partial charge < -0.3 is 14.7 Å². The van der Waals surface area contributed by atoms with Crippen LogP contribution < -0.4 is 5.32 Å². The van der Waals surface area contributed by atoms with Crippen LogP contribution in [0.5, 0.6) is 0 Å². The zero-order chi connectivity index (χ0) is 13.8. The van der Waals surface area contributed by atoms with Gasteiger partial charge in [-0.2, -0.15) is 0 Å². The molecule has 0 spiro atoms. The number of hydrogen-bond donors (Lipinski definition) is 2. The number of thioether (sulfide) groups is 1. The highest BCUT2D eigenvalue weighted by atomic mass is 32.2. The van der Waals surface area contributed by atoms with Gasteiger partial charge in [-0.3, -0.25) is 0 Å². The van der Waals surface area contributed by atoms with Crippen molar-refractivity contribution in [3.05, 3.63) is 47.9 Å². The summed E-state index contributed by atoms with van der Waals surface area (Å²) in [4.78, 5) is 7.84. The van der Waals surface area contributed by atoms with E-state index in [9.17, 15) is 0 Å². The van der Waals surface area contributed by atoms with Gasteiger partial charge in [0.2, 0.25) is 0 Å². The van der Waals surface area contributed by atoms with Crippen LogP contribution in [0.25, 0.3) is 11.0 Å². The highest BCUT2D eigenvalue weighted by Crippen LogP contribution is 2.23. The highest BCUT2D eigenvalue weighted by Gasteiger charge is 2.06. The first kappa shape index (κ1) is 13.3. The van der Waals surface area contributed by atoms with Crippen LogP contribution in [-0.4, -0.2) is 16.5 Å². The molecular formula is C15H17N3OS. The molecule has 20 heavy (non-hydrogen) atoms. The lowest BCUT2D eigenvalue weighted by Gasteiger charge is -1.97.